The summed E-state index contributed by atoms with van der Waals surface area (Å²) in [6, 6.07) is 0. The van der Waals surface area contributed by atoms with Crippen LogP contribution in [-0.4, -0.2) is 46.8 Å². The first-order chi connectivity index (χ1) is 10.8. The Morgan fingerprint density at radius 3 is 2.86 bits per heavy atom. The number of aromatic nitrogens is 1. The van der Waals surface area contributed by atoms with Crippen molar-refractivity contribution in [2.45, 2.75) is 57.8 Å². The van der Waals surface area contributed by atoms with Crippen molar-refractivity contribution in [2.75, 3.05) is 13.1 Å². The smallest absolute Gasteiger partial charge is 0.290 e. The van der Waals surface area contributed by atoms with Crippen molar-refractivity contribution in [1.29, 1.82) is 0 Å². The minimum absolute atomic E-state index is 0.250. The molecule has 6 heteroatoms. The fourth-order valence-electron chi connectivity index (χ4n) is 2.92. The van der Waals surface area contributed by atoms with Gasteiger partial charge in [-0.05, 0) is 25.2 Å². The minimum atomic E-state index is -0.250. The Labute approximate surface area is 136 Å². The largest absolute Gasteiger partial charge is 0.483 e. The van der Waals surface area contributed by atoms with E-state index < -0.39 is 0 Å². The van der Waals surface area contributed by atoms with Crippen LogP contribution in [0.1, 0.15) is 44.0 Å². The van der Waals surface area contributed by atoms with Gasteiger partial charge in [-0.15, -0.1) is 11.3 Å². The lowest BCUT2D eigenvalue weighted by molar-refractivity contribution is -0.122. The Bertz CT molecular complexity index is 423. The molecule has 22 heavy (non-hydrogen) atoms. The molecule has 0 amide bonds. The van der Waals surface area contributed by atoms with Crippen molar-refractivity contribution in [1.82, 2.24) is 9.88 Å². The van der Waals surface area contributed by atoms with Crippen molar-refractivity contribution >= 4 is 17.8 Å². The molecule has 124 valence electrons. The maximum atomic E-state index is 8.36. The van der Waals surface area contributed by atoms with Gasteiger partial charge < -0.3 is 9.84 Å². The Hall–Kier alpha value is -0.980. The van der Waals surface area contributed by atoms with Crippen LogP contribution in [-0.2, 0) is 16.1 Å². The summed E-state index contributed by atoms with van der Waals surface area (Å²) in [5.41, 5.74) is 0. The molecule has 1 aromatic heterocycles. The summed E-state index contributed by atoms with van der Waals surface area (Å²) in [6.07, 6.45) is 9.34. The van der Waals surface area contributed by atoms with Crippen LogP contribution in [0.25, 0.3) is 0 Å². The Balaban J connectivity index is 0.000000545. The zero-order valence-corrected chi connectivity index (χ0v) is 14.0. The highest BCUT2D eigenvalue weighted by atomic mass is 32.1. The number of unbranched alkanes of at least 4 members (excludes halogenated alkanes) is 1. The van der Waals surface area contributed by atoms with Gasteiger partial charge in [0.15, 0.2) is 0 Å². The third-order valence-electron chi connectivity index (χ3n) is 4.14. The normalized spacial score (nSPS) is 25.3. The maximum Gasteiger partial charge on any atom is 0.290 e. The lowest BCUT2D eigenvalue weighted by atomic mass is 10.1. The van der Waals surface area contributed by atoms with Crippen LogP contribution in [0, 0.1) is 5.92 Å². The van der Waals surface area contributed by atoms with Crippen LogP contribution in [0.2, 0.25) is 0 Å². The van der Waals surface area contributed by atoms with Crippen molar-refractivity contribution in [2.24, 2.45) is 5.92 Å². The average molecular weight is 326 g/mol. The first-order valence-electron chi connectivity index (χ1n) is 8.10. The summed E-state index contributed by atoms with van der Waals surface area (Å²) in [6.45, 7) is 5.21. The second-order valence-corrected chi connectivity index (χ2v) is 6.98. The second kappa shape index (κ2) is 9.22. The van der Waals surface area contributed by atoms with E-state index in [4.69, 9.17) is 14.6 Å². The molecule has 1 aliphatic carbocycles. The molecular weight excluding hydrogens is 300 g/mol. The fraction of sp³-hybridized carbons (Fsp3) is 0.750. The van der Waals surface area contributed by atoms with Gasteiger partial charge in [0.2, 0.25) is 0 Å². The van der Waals surface area contributed by atoms with E-state index in [0.717, 1.165) is 25.6 Å². The Kier molecular flexibility index (Phi) is 7.29. The quantitative estimate of drug-likeness (QED) is 0.814. The highest BCUT2D eigenvalue weighted by Gasteiger charge is 2.38. The van der Waals surface area contributed by atoms with Gasteiger partial charge in [0.05, 0.1) is 18.8 Å². The second-order valence-electron chi connectivity index (χ2n) is 6.00. The van der Waals surface area contributed by atoms with Crippen LogP contribution >= 0.6 is 11.3 Å². The number of hydrogen-bond donors (Lipinski definition) is 1. The SMILES string of the molecule is CCCC[C@@H]1CN(Cc2nccs2)C[C@H](C2CC2)O1.O=CO. The molecule has 1 saturated carbocycles. The highest BCUT2D eigenvalue weighted by Crippen LogP contribution is 2.37. The first-order valence-corrected chi connectivity index (χ1v) is 8.98. The molecule has 1 aromatic rings. The summed E-state index contributed by atoms with van der Waals surface area (Å²) in [7, 11) is 0. The molecule has 0 aromatic carbocycles. The number of ether oxygens (including phenoxy) is 1. The van der Waals surface area contributed by atoms with Gasteiger partial charge in [-0.3, -0.25) is 9.69 Å². The van der Waals surface area contributed by atoms with Crippen molar-refractivity contribution in [3.8, 4) is 0 Å². The predicted octanol–water partition coefficient (Wildman–Crippen LogP) is 3.01. The summed E-state index contributed by atoms with van der Waals surface area (Å²) in [5.74, 6) is 0.836. The van der Waals surface area contributed by atoms with E-state index in [0.29, 0.717) is 12.2 Å². The van der Waals surface area contributed by atoms with Crippen LogP contribution in [0.5, 0.6) is 0 Å². The lowest BCUT2D eigenvalue weighted by Crippen LogP contribution is -2.48. The first kappa shape index (κ1) is 17.4. The lowest BCUT2D eigenvalue weighted by Gasteiger charge is -2.38. The van der Waals surface area contributed by atoms with E-state index >= 15 is 0 Å². The van der Waals surface area contributed by atoms with Crippen LogP contribution < -0.4 is 0 Å². The molecule has 5 nitrogen and oxygen atoms in total. The van der Waals surface area contributed by atoms with Gasteiger partial charge in [-0.2, -0.15) is 0 Å². The Morgan fingerprint density at radius 1 is 1.50 bits per heavy atom. The molecule has 2 atom stereocenters. The molecule has 0 unspecified atom stereocenters. The number of rotatable bonds is 6. The predicted molar refractivity (Wildman–Crippen MR) is 87.0 cm³/mol. The average Bonchev–Trinajstić information content (AvgIpc) is 3.25. The summed E-state index contributed by atoms with van der Waals surface area (Å²) < 4.78 is 6.30. The standard InChI is InChI=1S/C15H24N2OS.CH2O2/c1-2-3-4-13-9-17(11-15-16-7-8-19-15)10-14(18-13)12-5-6-12;2-1-3/h7-8,12-14H,2-6,9-11H2,1H3;1H,(H,2,3)/t13-,14-;/m1./s1. The number of morpholine rings is 1. The maximum absolute atomic E-state index is 8.36. The van der Waals surface area contributed by atoms with E-state index in [2.05, 4.69) is 22.2 Å². The van der Waals surface area contributed by atoms with Gasteiger partial charge in [0.25, 0.3) is 6.47 Å². The summed E-state index contributed by atoms with van der Waals surface area (Å²) >= 11 is 1.77. The van der Waals surface area contributed by atoms with Crippen molar-refractivity contribution < 1.29 is 14.6 Å². The Morgan fingerprint density at radius 2 is 2.27 bits per heavy atom. The molecule has 2 fully saturated rings. The number of hydrogen-bond acceptors (Lipinski definition) is 5. The van der Waals surface area contributed by atoms with E-state index in [1.165, 1.54) is 37.1 Å². The topological polar surface area (TPSA) is 62.7 Å². The van der Waals surface area contributed by atoms with Crippen LogP contribution in [0.3, 0.4) is 0 Å². The van der Waals surface area contributed by atoms with Gasteiger partial charge in [0, 0.05) is 24.7 Å². The molecule has 1 N–H and O–H groups in total. The van der Waals surface area contributed by atoms with Crippen molar-refractivity contribution in [3.63, 3.8) is 0 Å². The molecular formula is C16H26N2O3S. The third kappa shape index (κ3) is 5.66. The zero-order chi connectivity index (χ0) is 15.8. The van der Waals surface area contributed by atoms with Gasteiger partial charge in [0.1, 0.15) is 5.01 Å². The summed E-state index contributed by atoms with van der Waals surface area (Å²) in [5, 5.41) is 10.2. The van der Waals surface area contributed by atoms with E-state index in [9.17, 15) is 0 Å². The van der Waals surface area contributed by atoms with Gasteiger partial charge in [-0.25, -0.2) is 4.98 Å². The summed E-state index contributed by atoms with van der Waals surface area (Å²) in [4.78, 5) is 15.3. The molecule has 0 bridgehead atoms. The minimum Gasteiger partial charge on any atom is -0.483 e. The molecule has 0 radical (unpaired) electrons. The molecule has 2 aliphatic rings. The zero-order valence-electron chi connectivity index (χ0n) is 13.2. The highest BCUT2D eigenvalue weighted by molar-refractivity contribution is 7.09. The van der Waals surface area contributed by atoms with Crippen molar-refractivity contribution in [3.05, 3.63) is 16.6 Å². The number of nitrogens with zero attached hydrogens (tertiary/aromatic N) is 2. The molecule has 2 heterocycles. The molecule has 0 spiro atoms. The fourth-order valence-corrected chi connectivity index (χ4v) is 3.58. The number of thiazole rings is 1. The molecule has 3 rings (SSSR count). The monoisotopic (exact) mass is 326 g/mol. The van der Waals surface area contributed by atoms with E-state index in [-0.39, 0.29) is 6.47 Å². The van der Waals surface area contributed by atoms with E-state index in [1.54, 1.807) is 11.3 Å². The van der Waals surface area contributed by atoms with Gasteiger partial charge >= 0.3 is 0 Å². The van der Waals surface area contributed by atoms with Gasteiger partial charge in [-0.1, -0.05) is 19.8 Å². The van der Waals surface area contributed by atoms with Crippen LogP contribution in [0.15, 0.2) is 11.6 Å². The molecule has 1 aliphatic heterocycles. The van der Waals surface area contributed by atoms with E-state index in [1.807, 2.05) is 6.20 Å². The number of carbonyl (C=O) groups is 1. The third-order valence-corrected chi connectivity index (χ3v) is 4.90. The molecule has 1 saturated heterocycles. The van der Waals surface area contributed by atoms with Crippen LogP contribution in [0.4, 0.5) is 0 Å². The number of carboxylic acid groups (broad SMARTS) is 1.